The molecule has 4 nitrogen and oxygen atoms in total. The van der Waals surface area contributed by atoms with E-state index in [1.807, 2.05) is 11.8 Å². The maximum absolute atomic E-state index is 5.45. The number of hydrogen-bond donors (Lipinski definition) is 1. The van der Waals surface area contributed by atoms with Gasteiger partial charge >= 0.3 is 0 Å². The van der Waals surface area contributed by atoms with Gasteiger partial charge in [0.05, 0.1) is 5.54 Å². The fraction of sp³-hybridized carbons (Fsp3) is 0.929. The number of ether oxygens (including phenoxy) is 2. The number of amidine groups is 1. The van der Waals surface area contributed by atoms with E-state index in [0.29, 0.717) is 0 Å². The van der Waals surface area contributed by atoms with E-state index in [2.05, 4.69) is 19.2 Å². The predicted molar refractivity (Wildman–Crippen MR) is 81.0 cm³/mol. The molecular formula is C14H26N2O2S. The molecule has 0 amide bonds. The number of methoxy groups -OCH3 is 1. The summed E-state index contributed by atoms with van der Waals surface area (Å²) in [6, 6.07) is 0. The molecule has 0 bridgehead atoms. The molecule has 1 spiro atoms. The smallest absolute Gasteiger partial charge is 0.157 e. The van der Waals surface area contributed by atoms with Gasteiger partial charge in [-0.25, -0.2) is 0 Å². The summed E-state index contributed by atoms with van der Waals surface area (Å²) in [5.41, 5.74) is 0.453. The van der Waals surface area contributed by atoms with Gasteiger partial charge in [-0.15, -0.1) is 0 Å². The summed E-state index contributed by atoms with van der Waals surface area (Å²) in [6.07, 6.45) is 3.25. The highest BCUT2D eigenvalue weighted by Gasteiger charge is 2.38. The number of rotatable bonds is 5. The van der Waals surface area contributed by atoms with Crippen LogP contribution in [0.25, 0.3) is 0 Å². The second-order valence-corrected chi connectivity index (χ2v) is 7.30. The predicted octanol–water partition coefficient (Wildman–Crippen LogP) is 2.29. The summed E-state index contributed by atoms with van der Waals surface area (Å²) < 4.78 is 10.6. The lowest BCUT2D eigenvalue weighted by atomic mass is 9.90. The van der Waals surface area contributed by atoms with Gasteiger partial charge < -0.3 is 14.8 Å². The molecule has 0 aliphatic carbocycles. The topological polar surface area (TPSA) is 42.8 Å². The lowest BCUT2D eigenvalue weighted by Crippen LogP contribution is -2.48. The lowest BCUT2D eigenvalue weighted by molar-refractivity contribution is 0.0555. The van der Waals surface area contributed by atoms with Gasteiger partial charge in [-0.05, 0) is 24.7 Å². The van der Waals surface area contributed by atoms with Gasteiger partial charge in [-0.1, -0.05) is 25.6 Å². The second-order valence-electron chi connectivity index (χ2n) is 6.33. The lowest BCUT2D eigenvalue weighted by Gasteiger charge is -2.32. The molecule has 5 heteroatoms. The van der Waals surface area contributed by atoms with E-state index in [4.69, 9.17) is 14.5 Å². The van der Waals surface area contributed by atoms with Crippen molar-refractivity contribution >= 4 is 16.9 Å². The molecule has 0 saturated carbocycles. The minimum Gasteiger partial charge on any atom is -0.385 e. The highest BCUT2D eigenvalue weighted by molar-refractivity contribution is 8.14. The summed E-state index contributed by atoms with van der Waals surface area (Å²) in [5, 5.41) is 4.75. The van der Waals surface area contributed by atoms with Crippen LogP contribution in [0.1, 0.15) is 33.1 Å². The van der Waals surface area contributed by atoms with Crippen LogP contribution in [-0.4, -0.2) is 49.9 Å². The number of thioether (sulfide) groups is 1. The first-order valence-corrected chi connectivity index (χ1v) is 8.06. The SMILES string of the molecule is COCCC(C)(C)CN=C1NC2(CCOCC2)CS1. The molecule has 0 aromatic carbocycles. The molecule has 2 aliphatic rings. The van der Waals surface area contributed by atoms with Crippen LogP contribution in [0.5, 0.6) is 0 Å². The van der Waals surface area contributed by atoms with E-state index in [0.717, 1.165) is 56.5 Å². The molecule has 2 heterocycles. The van der Waals surface area contributed by atoms with Crippen molar-refractivity contribution in [3.63, 3.8) is 0 Å². The molecule has 1 N–H and O–H groups in total. The van der Waals surface area contributed by atoms with Gasteiger partial charge in [-0.2, -0.15) is 0 Å². The molecule has 2 fully saturated rings. The van der Waals surface area contributed by atoms with E-state index in [1.165, 1.54) is 0 Å². The van der Waals surface area contributed by atoms with Crippen molar-refractivity contribution in [3.8, 4) is 0 Å². The molecule has 0 atom stereocenters. The first-order chi connectivity index (χ1) is 9.05. The zero-order valence-corrected chi connectivity index (χ0v) is 13.1. The van der Waals surface area contributed by atoms with Gasteiger partial charge in [0.25, 0.3) is 0 Å². The molecule has 2 saturated heterocycles. The van der Waals surface area contributed by atoms with Crippen LogP contribution in [-0.2, 0) is 9.47 Å². The second kappa shape index (κ2) is 6.46. The average molecular weight is 286 g/mol. The van der Waals surface area contributed by atoms with Crippen LogP contribution >= 0.6 is 11.8 Å². The fourth-order valence-electron chi connectivity index (χ4n) is 2.37. The third-order valence-electron chi connectivity index (χ3n) is 3.94. The van der Waals surface area contributed by atoms with E-state index in [-0.39, 0.29) is 11.0 Å². The minimum atomic E-state index is 0.205. The van der Waals surface area contributed by atoms with E-state index < -0.39 is 0 Å². The van der Waals surface area contributed by atoms with Crippen LogP contribution in [0.4, 0.5) is 0 Å². The average Bonchev–Trinajstić information content (AvgIpc) is 2.78. The molecule has 19 heavy (non-hydrogen) atoms. The Morgan fingerprint density at radius 2 is 2.16 bits per heavy atom. The Balaban J connectivity index is 1.84. The summed E-state index contributed by atoms with van der Waals surface area (Å²) in [5.74, 6) is 1.13. The molecule has 0 radical (unpaired) electrons. The minimum absolute atomic E-state index is 0.205. The quantitative estimate of drug-likeness (QED) is 0.842. The highest BCUT2D eigenvalue weighted by atomic mass is 32.2. The zero-order chi connectivity index (χ0) is 13.8. The van der Waals surface area contributed by atoms with Crippen molar-refractivity contribution in [1.82, 2.24) is 5.32 Å². The number of hydrogen-bond acceptors (Lipinski definition) is 4. The Morgan fingerprint density at radius 1 is 1.42 bits per heavy atom. The van der Waals surface area contributed by atoms with E-state index in [1.54, 1.807) is 7.11 Å². The van der Waals surface area contributed by atoms with Crippen molar-refractivity contribution in [1.29, 1.82) is 0 Å². The van der Waals surface area contributed by atoms with Crippen molar-refractivity contribution in [2.24, 2.45) is 10.4 Å². The number of nitrogens with one attached hydrogen (secondary N) is 1. The standard InChI is InChI=1S/C14H26N2O2S/c1-13(2,4-7-17-3)10-15-12-16-14(11-19-12)5-8-18-9-6-14/h4-11H2,1-3H3,(H,15,16). The molecule has 2 rings (SSSR count). The largest absolute Gasteiger partial charge is 0.385 e. The summed E-state index contributed by atoms with van der Waals surface area (Å²) >= 11 is 1.86. The summed E-state index contributed by atoms with van der Waals surface area (Å²) in [4.78, 5) is 4.77. The third kappa shape index (κ3) is 4.36. The fourth-order valence-corrected chi connectivity index (χ4v) is 3.58. The normalized spacial score (nSPS) is 24.9. The Labute approximate surface area is 120 Å². The first kappa shape index (κ1) is 15.1. The van der Waals surface area contributed by atoms with Crippen LogP contribution in [0.2, 0.25) is 0 Å². The monoisotopic (exact) mass is 286 g/mol. The van der Waals surface area contributed by atoms with E-state index in [9.17, 15) is 0 Å². The maximum Gasteiger partial charge on any atom is 0.157 e. The Kier molecular flexibility index (Phi) is 5.15. The zero-order valence-electron chi connectivity index (χ0n) is 12.3. The highest BCUT2D eigenvalue weighted by Crippen LogP contribution is 2.32. The Morgan fingerprint density at radius 3 is 2.84 bits per heavy atom. The molecular weight excluding hydrogens is 260 g/mol. The Hall–Kier alpha value is -0.260. The van der Waals surface area contributed by atoms with Crippen LogP contribution in [0.3, 0.4) is 0 Å². The van der Waals surface area contributed by atoms with E-state index >= 15 is 0 Å². The van der Waals surface area contributed by atoms with Crippen LogP contribution in [0.15, 0.2) is 4.99 Å². The van der Waals surface area contributed by atoms with Crippen molar-refractivity contribution in [3.05, 3.63) is 0 Å². The van der Waals surface area contributed by atoms with Gasteiger partial charge in [0.2, 0.25) is 0 Å². The van der Waals surface area contributed by atoms with Crippen molar-refractivity contribution in [2.45, 2.75) is 38.6 Å². The first-order valence-electron chi connectivity index (χ1n) is 7.07. The van der Waals surface area contributed by atoms with Gasteiger partial charge in [0, 0.05) is 39.2 Å². The van der Waals surface area contributed by atoms with Gasteiger partial charge in [0.15, 0.2) is 5.17 Å². The van der Waals surface area contributed by atoms with Crippen LogP contribution < -0.4 is 5.32 Å². The molecule has 2 aliphatic heterocycles. The third-order valence-corrected chi connectivity index (χ3v) is 5.14. The van der Waals surface area contributed by atoms with Gasteiger partial charge in [0.1, 0.15) is 0 Å². The van der Waals surface area contributed by atoms with Crippen molar-refractivity contribution in [2.75, 3.05) is 39.2 Å². The molecule has 110 valence electrons. The molecule has 0 unspecified atom stereocenters. The Bertz CT molecular complexity index is 325. The number of aliphatic imine (C=N–C) groups is 1. The number of nitrogens with zero attached hydrogens (tertiary/aromatic N) is 1. The summed E-state index contributed by atoms with van der Waals surface area (Å²) in [7, 11) is 1.76. The van der Waals surface area contributed by atoms with Gasteiger partial charge in [-0.3, -0.25) is 4.99 Å². The summed E-state index contributed by atoms with van der Waals surface area (Å²) in [6.45, 7) is 7.91. The molecule has 0 aromatic rings. The van der Waals surface area contributed by atoms with Crippen LogP contribution in [0, 0.1) is 5.41 Å². The maximum atomic E-state index is 5.45. The molecule has 0 aromatic heterocycles. The van der Waals surface area contributed by atoms with Crippen molar-refractivity contribution < 1.29 is 9.47 Å².